The first-order valence-electron chi connectivity index (χ1n) is 11.4. The number of hydrogen-bond acceptors (Lipinski definition) is 7. The Labute approximate surface area is 174 Å². The Morgan fingerprint density at radius 1 is 0.931 bits per heavy atom. The first-order chi connectivity index (χ1) is 14.0. The summed E-state index contributed by atoms with van der Waals surface area (Å²) in [5.41, 5.74) is 0. The maximum absolute atomic E-state index is 11.7. The van der Waals surface area contributed by atoms with E-state index in [1.54, 1.807) is 0 Å². The van der Waals surface area contributed by atoms with Gasteiger partial charge in [-0.2, -0.15) is 0 Å². The number of hydrogen-bond donors (Lipinski definition) is 3. The third-order valence-electron chi connectivity index (χ3n) is 5.43. The van der Waals surface area contributed by atoms with Gasteiger partial charge in [0.25, 0.3) is 0 Å². The summed E-state index contributed by atoms with van der Waals surface area (Å²) < 4.78 is 9.65. The lowest BCUT2D eigenvalue weighted by molar-refractivity contribution is -0.156. The molecule has 7 nitrogen and oxygen atoms in total. The molecule has 1 saturated heterocycles. The Bertz CT molecular complexity index is 454. The number of carbonyl (C=O) groups excluding carboxylic acids is 2. The average Bonchev–Trinajstić information content (AvgIpc) is 2.97. The zero-order valence-electron chi connectivity index (χ0n) is 17.9. The molecule has 0 aromatic carbocycles. The molecule has 0 amide bonds. The second-order valence-electron chi connectivity index (χ2n) is 8.08. The van der Waals surface area contributed by atoms with Crippen molar-refractivity contribution in [2.24, 2.45) is 0 Å². The number of esters is 2. The van der Waals surface area contributed by atoms with Crippen molar-refractivity contribution in [1.82, 2.24) is 0 Å². The molecular formula is C22H40O7. The van der Waals surface area contributed by atoms with Gasteiger partial charge in [-0.15, -0.1) is 0 Å². The first-order valence-corrected chi connectivity index (χ1v) is 11.4. The van der Waals surface area contributed by atoms with Crippen LogP contribution in [0.15, 0.2) is 0 Å². The number of carbonyl (C=O) groups is 2. The maximum atomic E-state index is 11.7. The number of aliphatic hydroxyl groups is 3. The predicted octanol–water partition coefficient (Wildman–Crippen LogP) is 3.02. The van der Waals surface area contributed by atoms with Gasteiger partial charge in [0.05, 0.1) is 0 Å². The van der Waals surface area contributed by atoms with Gasteiger partial charge >= 0.3 is 11.9 Å². The zero-order valence-corrected chi connectivity index (χ0v) is 17.9. The molecule has 0 aromatic rings. The molecule has 1 aliphatic heterocycles. The van der Waals surface area contributed by atoms with Gasteiger partial charge in [-0.25, -0.2) is 4.79 Å². The minimum atomic E-state index is -1.67. The summed E-state index contributed by atoms with van der Waals surface area (Å²) in [6.07, 6.45) is 10.4. The average molecular weight is 417 g/mol. The Hall–Kier alpha value is -1.18. The standard InChI is InChI=1S/C22H40O7/c1-2-3-4-5-6-7-8-9-10-11-12-13-14-15-18(24)28-16-17(23)21-19(25)20(26)22(27)29-21/h17,19-21,23,25-26H,2-16H2,1H3/t17-,19?,20?,21-/m0/s1. The minimum absolute atomic E-state index is 0.278. The molecule has 29 heavy (non-hydrogen) atoms. The van der Waals surface area contributed by atoms with E-state index in [9.17, 15) is 24.9 Å². The Morgan fingerprint density at radius 2 is 1.41 bits per heavy atom. The van der Waals surface area contributed by atoms with Gasteiger partial charge < -0.3 is 24.8 Å². The normalized spacial score (nSPS) is 22.5. The number of cyclic esters (lactones) is 1. The van der Waals surface area contributed by atoms with Gasteiger partial charge in [0.2, 0.25) is 0 Å². The molecular weight excluding hydrogens is 376 g/mol. The van der Waals surface area contributed by atoms with E-state index in [0.29, 0.717) is 0 Å². The fourth-order valence-corrected chi connectivity index (χ4v) is 3.53. The van der Waals surface area contributed by atoms with Gasteiger partial charge in [-0.3, -0.25) is 4.79 Å². The largest absolute Gasteiger partial charge is 0.463 e. The van der Waals surface area contributed by atoms with Crippen LogP contribution in [0.3, 0.4) is 0 Å². The van der Waals surface area contributed by atoms with Crippen LogP contribution in [-0.2, 0) is 19.1 Å². The van der Waals surface area contributed by atoms with Crippen molar-refractivity contribution in [3.63, 3.8) is 0 Å². The molecule has 0 aromatic heterocycles. The number of rotatable bonds is 17. The molecule has 1 aliphatic rings. The second-order valence-corrected chi connectivity index (χ2v) is 8.08. The molecule has 1 heterocycles. The maximum Gasteiger partial charge on any atom is 0.338 e. The zero-order chi connectivity index (χ0) is 21.5. The molecule has 4 atom stereocenters. The Balaban J connectivity index is 1.91. The third-order valence-corrected chi connectivity index (χ3v) is 5.43. The van der Waals surface area contributed by atoms with Gasteiger partial charge in [0.1, 0.15) is 18.8 Å². The summed E-state index contributed by atoms with van der Waals surface area (Å²) in [5, 5.41) is 28.8. The summed E-state index contributed by atoms with van der Waals surface area (Å²) in [6, 6.07) is 0. The summed E-state index contributed by atoms with van der Waals surface area (Å²) >= 11 is 0. The fourth-order valence-electron chi connectivity index (χ4n) is 3.53. The van der Waals surface area contributed by atoms with E-state index in [1.165, 1.54) is 64.2 Å². The highest BCUT2D eigenvalue weighted by atomic mass is 16.6. The lowest BCUT2D eigenvalue weighted by Crippen LogP contribution is -2.41. The van der Waals surface area contributed by atoms with E-state index < -0.39 is 36.4 Å². The summed E-state index contributed by atoms with van der Waals surface area (Å²) in [4.78, 5) is 22.9. The van der Waals surface area contributed by atoms with E-state index in [0.717, 1.165) is 19.3 Å². The van der Waals surface area contributed by atoms with Crippen LogP contribution in [0.5, 0.6) is 0 Å². The van der Waals surface area contributed by atoms with Gasteiger partial charge in [-0.05, 0) is 6.42 Å². The van der Waals surface area contributed by atoms with E-state index in [1.807, 2.05) is 0 Å². The van der Waals surface area contributed by atoms with Gasteiger partial charge in [-0.1, -0.05) is 84.0 Å². The van der Waals surface area contributed by atoms with E-state index in [-0.39, 0.29) is 13.0 Å². The van der Waals surface area contributed by atoms with Gasteiger partial charge in [0.15, 0.2) is 12.2 Å². The molecule has 0 aliphatic carbocycles. The Kier molecular flexibility index (Phi) is 13.9. The van der Waals surface area contributed by atoms with Crippen LogP contribution in [0.4, 0.5) is 0 Å². The molecule has 7 heteroatoms. The second kappa shape index (κ2) is 15.6. The summed E-state index contributed by atoms with van der Waals surface area (Å²) in [5.74, 6) is -1.41. The lowest BCUT2D eigenvalue weighted by Gasteiger charge is -2.19. The lowest BCUT2D eigenvalue weighted by atomic mass is 10.0. The quantitative estimate of drug-likeness (QED) is 0.247. The van der Waals surface area contributed by atoms with E-state index >= 15 is 0 Å². The third kappa shape index (κ3) is 11.0. The fraction of sp³-hybridized carbons (Fsp3) is 0.909. The van der Waals surface area contributed by atoms with Crippen molar-refractivity contribution in [3.05, 3.63) is 0 Å². The van der Waals surface area contributed by atoms with E-state index in [4.69, 9.17) is 4.74 Å². The monoisotopic (exact) mass is 416 g/mol. The highest BCUT2D eigenvalue weighted by molar-refractivity contribution is 5.77. The predicted molar refractivity (Wildman–Crippen MR) is 109 cm³/mol. The molecule has 0 spiro atoms. The SMILES string of the molecule is CCCCCCCCCCCCCCCC(=O)OC[C@H](O)[C@@H]1OC(=O)C(O)C1O. The number of ether oxygens (including phenoxy) is 2. The van der Waals surface area contributed by atoms with Crippen molar-refractivity contribution >= 4 is 11.9 Å². The highest BCUT2D eigenvalue weighted by Gasteiger charge is 2.46. The molecule has 2 unspecified atom stereocenters. The molecule has 0 saturated carbocycles. The van der Waals surface area contributed by atoms with Crippen LogP contribution in [0.25, 0.3) is 0 Å². The van der Waals surface area contributed by atoms with Crippen molar-refractivity contribution in [3.8, 4) is 0 Å². The van der Waals surface area contributed by atoms with Crippen LogP contribution < -0.4 is 0 Å². The Morgan fingerprint density at radius 3 is 1.86 bits per heavy atom. The van der Waals surface area contributed by atoms with Crippen molar-refractivity contribution in [1.29, 1.82) is 0 Å². The summed E-state index contributed by atoms with van der Waals surface area (Å²) in [7, 11) is 0. The molecule has 3 N–H and O–H groups in total. The first kappa shape index (κ1) is 25.9. The molecule has 0 bridgehead atoms. The van der Waals surface area contributed by atoms with Crippen LogP contribution >= 0.6 is 0 Å². The molecule has 0 radical (unpaired) electrons. The van der Waals surface area contributed by atoms with Crippen molar-refractivity contribution in [2.75, 3.05) is 6.61 Å². The van der Waals surface area contributed by atoms with E-state index in [2.05, 4.69) is 11.7 Å². The van der Waals surface area contributed by atoms with Crippen molar-refractivity contribution in [2.45, 2.75) is 121 Å². The van der Waals surface area contributed by atoms with Crippen molar-refractivity contribution < 1.29 is 34.4 Å². The number of aliphatic hydroxyl groups excluding tert-OH is 3. The summed E-state index contributed by atoms with van der Waals surface area (Å²) in [6.45, 7) is 1.86. The number of unbranched alkanes of at least 4 members (excludes halogenated alkanes) is 12. The topological polar surface area (TPSA) is 113 Å². The molecule has 1 rings (SSSR count). The van der Waals surface area contributed by atoms with Crippen LogP contribution in [0.1, 0.15) is 96.8 Å². The smallest absolute Gasteiger partial charge is 0.338 e. The van der Waals surface area contributed by atoms with Crippen LogP contribution in [0.2, 0.25) is 0 Å². The molecule has 1 fully saturated rings. The molecule has 170 valence electrons. The van der Waals surface area contributed by atoms with Crippen LogP contribution in [0, 0.1) is 0 Å². The van der Waals surface area contributed by atoms with Gasteiger partial charge in [0, 0.05) is 6.42 Å². The highest BCUT2D eigenvalue weighted by Crippen LogP contribution is 2.19. The minimum Gasteiger partial charge on any atom is -0.463 e. The van der Waals surface area contributed by atoms with Crippen LogP contribution in [-0.4, -0.2) is 58.3 Å².